The molecular formula is C13H17NO2S-2. The Morgan fingerprint density at radius 1 is 1.24 bits per heavy atom. The van der Waals surface area contributed by atoms with Crippen molar-refractivity contribution >= 4 is 10.0 Å². The zero-order valence-electron chi connectivity index (χ0n) is 9.96. The molecule has 0 aliphatic heterocycles. The van der Waals surface area contributed by atoms with E-state index in [-0.39, 0.29) is 10.9 Å². The molecule has 2 atom stereocenters. The summed E-state index contributed by atoms with van der Waals surface area (Å²) in [5.74, 6) is 0.344. The van der Waals surface area contributed by atoms with Crippen molar-refractivity contribution in [2.24, 2.45) is 5.92 Å². The average molecular weight is 251 g/mol. The van der Waals surface area contributed by atoms with Crippen LogP contribution in [-0.4, -0.2) is 14.5 Å². The van der Waals surface area contributed by atoms with Crippen LogP contribution in [0.5, 0.6) is 0 Å². The highest BCUT2D eigenvalue weighted by molar-refractivity contribution is 7.94. The molecule has 0 heterocycles. The minimum Gasteiger partial charge on any atom is -0.542 e. The maximum Gasteiger partial charge on any atom is 0.101 e. The number of hydrogen-bond acceptors (Lipinski definition) is 2. The normalized spacial score (nSPS) is 25.1. The third-order valence-electron chi connectivity index (χ3n) is 3.12. The minimum absolute atomic E-state index is 0.0798. The van der Waals surface area contributed by atoms with Gasteiger partial charge < -0.3 is 11.6 Å². The summed E-state index contributed by atoms with van der Waals surface area (Å²) in [6, 6.07) is 6.74. The Morgan fingerprint density at radius 2 is 1.88 bits per heavy atom. The molecule has 1 aliphatic carbocycles. The van der Waals surface area contributed by atoms with E-state index in [2.05, 4.69) is 11.6 Å². The lowest BCUT2D eigenvalue weighted by molar-refractivity contribution is 0.596. The summed E-state index contributed by atoms with van der Waals surface area (Å²) in [7, 11) is -3.49. The summed E-state index contributed by atoms with van der Waals surface area (Å²) in [4.78, 5) is 0.288. The van der Waals surface area contributed by atoms with Gasteiger partial charge in [-0.2, -0.15) is 5.92 Å². The van der Waals surface area contributed by atoms with E-state index >= 15 is 0 Å². The van der Waals surface area contributed by atoms with E-state index in [1.54, 1.807) is 24.3 Å². The van der Waals surface area contributed by atoms with Crippen LogP contribution < -0.4 is 0 Å². The Balaban J connectivity index is 2.11. The molecular weight excluding hydrogens is 234 g/mol. The van der Waals surface area contributed by atoms with Crippen LogP contribution in [0.15, 0.2) is 29.2 Å². The summed E-state index contributed by atoms with van der Waals surface area (Å²) >= 11 is 0. The number of rotatable bonds is 3. The van der Waals surface area contributed by atoms with Gasteiger partial charge in [-0.3, -0.25) is 0 Å². The van der Waals surface area contributed by atoms with Gasteiger partial charge in [0.05, 0.1) is 0 Å². The van der Waals surface area contributed by atoms with Gasteiger partial charge in [-0.05, 0) is 19.1 Å². The lowest BCUT2D eigenvalue weighted by Gasteiger charge is -2.28. The minimum atomic E-state index is -3.49. The van der Waals surface area contributed by atoms with Crippen LogP contribution in [0.25, 0.3) is 4.72 Å². The number of aryl methyl sites for hydroxylation is 1. The lowest BCUT2D eigenvalue weighted by Crippen LogP contribution is -2.09. The summed E-state index contributed by atoms with van der Waals surface area (Å²) in [5, 5.41) is 0. The molecule has 0 aromatic heterocycles. The van der Waals surface area contributed by atoms with E-state index in [4.69, 9.17) is 0 Å². The molecule has 1 fully saturated rings. The van der Waals surface area contributed by atoms with Crippen LogP contribution in [-0.2, 0) is 10.0 Å². The average Bonchev–Trinajstić information content (AvgIpc) is 2.63. The molecule has 0 amide bonds. The molecule has 1 aromatic rings. The molecule has 2 rings (SSSR count). The molecule has 0 radical (unpaired) electrons. The highest BCUT2D eigenvalue weighted by atomic mass is 32.2. The molecule has 0 spiro atoms. The largest absolute Gasteiger partial charge is 0.542 e. The van der Waals surface area contributed by atoms with Gasteiger partial charge in [0.25, 0.3) is 0 Å². The van der Waals surface area contributed by atoms with Gasteiger partial charge >= 0.3 is 0 Å². The maximum absolute atomic E-state index is 12.0. The van der Waals surface area contributed by atoms with Crippen molar-refractivity contribution in [1.29, 1.82) is 0 Å². The molecule has 17 heavy (non-hydrogen) atoms. The van der Waals surface area contributed by atoms with Crippen LogP contribution in [0.1, 0.15) is 24.8 Å². The zero-order chi connectivity index (χ0) is 12.5. The SMILES string of the molecule is [CH2-]C1CCC([N-]S(=O)(=O)c2ccc(C)cc2)C1. The Labute approximate surface area is 103 Å². The zero-order valence-corrected chi connectivity index (χ0v) is 10.8. The first-order valence-corrected chi connectivity index (χ1v) is 7.28. The molecule has 0 bridgehead atoms. The van der Waals surface area contributed by atoms with Crippen LogP contribution in [0.3, 0.4) is 0 Å². The standard InChI is InChI=1S/C13H17NO2S/c1-10-4-7-13(8-5-10)17(15,16)14-12-6-3-11(2)9-12/h4-5,7-8,11-12H,2-3,6,9H2,1H3/q-2. The first-order chi connectivity index (χ1) is 7.97. The summed E-state index contributed by atoms with van der Waals surface area (Å²) in [5.41, 5.74) is 1.04. The quantitative estimate of drug-likeness (QED) is 0.775. The van der Waals surface area contributed by atoms with E-state index in [0.717, 1.165) is 24.8 Å². The molecule has 0 N–H and O–H groups in total. The Hall–Kier alpha value is -0.870. The van der Waals surface area contributed by atoms with Crippen molar-refractivity contribution in [3.05, 3.63) is 41.5 Å². The van der Waals surface area contributed by atoms with Gasteiger partial charge in [0.15, 0.2) is 0 Å². The van der Waals surface area contributed by atoms with Gasteiger partial charge in [-0.1, -0.05) is 37.0 Å². The van der Waals surface area contributed by atoms with Crippen LogP contribution in [0.2, 0.25) is 0 Å². The van der Waals surface area contributed by atoms with Crippen molar-refractivity contribution in [2.45, 2.75) is 37.1 Å². The van der Waals surface area contributed by atoms with Crippen LogP contribution in [0, 0.1) is 19.8 Å². The second kappa shape index (κ2) is 4.78. The van der Waals surface area contributed by atoms with Crippen molar-refractivity contribution in [1.82, 2.24) is 0 Å². The van der Waals surface area contributed by atoms with E-state index < -0.39 is 10.0 Å². The molecule has 3 nitrogen and oxygen atoms in total. The fourth-order valence-electron chi connectivity index (χ4n) is 2.11. The highest BCUT2D eigenvalue weighted by Gasteiger charge is 2.14. The van der Waals surface area contributed by atoms with Crippen molar-refractivity contribution < 1.29 is 8.42 Å². The van der Waals surface area contributed by atoms with Gasteiger partial charge in [0.2, 0.25) is 0 Å². The molecule has 1 saturated carbocycles. The summed E-state index contributed by atoms with van der Waals surface area (Å²) in [6.45, 7) is 5.88. The second-order valence-electron chi connectivity index (χ2n) is 4.73. The predicted octanol–water partition coefficient (Wildman–Crippen LogP) is 3.06. The number of nitrogens with zero attached hydrogens (tertiary/aromatic N) is 1. The molecule has 94 valence electrons. The third-order valence-corrected chi connectivity index (χ3v) is 4.56. The third kappa shape index (κ3) is 3.07. The summed E-state index contributed by atoms with van der Waals surface area (Å²) in [6.07, 6.45) is 2.59. The van der Waals surface area contributed by atoms with E-state index in [0.29, 0.717) is 5.92 Å². The topological polar surface area (TPSA) is 48.2 Å². The number of benzene rings is 1. The molecule has 2 unspecified atom stereocenters. The first kappa shape index (κ1) is 12.6. The monoisotopic (exact) mass is 251 g/mol. The fourth-order valence-corrected chi connectivity index (χ4v) is 3.30. The highest BCUT2D eigenvalue weighted by Crippen LogP contribution is 2.33. The molecule has 0 saturated heterocycles. The molecule has 1 aliphatic rings. The number of sulfonamides is 1. The van der Waals surface area contributed by atoms with E-state index in [9.17, 15) is 8.42 Å². The molecule has 1 aromatic carbocycles. The Morgan fingerprint density at radius 3 is 2.41 bits per heavy atom. The van der Waals surface area contributed by atoms with E-state index in [1.807, 2.05) is 6.92 Å². The smallest absolute Gasteiger partial charge is 0.101 e. The maximum atomic E-state index is 12.0. The lowest BCUT2D eigenvalue weighted by atomic mass is 10.1. The van der Waals surface area contributed by atoms with Gasteiger partial charge in [-0.25, -0.2) is 8.42 Å². The summed E-state index contributed by atoms with van der Waals surface area (Å²) < 4.78 is 28.0. The Kier molecular flexibility index (Phi) is 3.54. The fraction of sp³-hybridized carbons (Fsp3) is 0.462. The first-order valence-electron chi connectivity index (χ1n) is 5.84. The molecule has 4 heteroatoms. The van der Waals surface area contributed by atoms with Crippen molar-refractivity contribution in [2.75, 3.05) is 0 Å². The van der Waals surface area contributed by atoms with Crippen LogP contribution >= 0.6 is 0 Å². The van der Waals surface area contributed by atoms with Gasteiger partial charge in [0.1, 0.15) is 10.0 Å². The predicted molar refractivity (Wildman–Crippen MR) is 68.2 cm³/mol. The van der Waals surface area contributed by atoms with Gasteiger partial charge in [-0.15, -0.1) is 6.04 Å². The second-order valence-corrected chi connectivity index (χ2v) is 6.36. The number of hydrogen-bond donors (Lipinski definition) is 0. The van der Waals surface area contributed by atoms with Gasteiger partial charge in [0, 0.05) is 4.90 Å². The van der Waals surface area contributed by atoms with Crippen molar-refractivity contribution in [3.8, 4) is 0 Å². The van der Waals surface area contributed by atoms with Crippen LogP contribution in [0.4, 0.5) is 0 Å². The Bertz CT molecular complexity index is 479. The van der Waals surface area contributed by atoms with E-state index in [1.165, 1.54) is 0 Å². The van der Waals surface area contributed by atoms with Crippen molar-refractivity contribution in [3.63, 3.8) is 0 Å².